The van der Waals surface area contributed by atoms with E-state index in [-0.39, 0.29) is 0 Å². The molecule has 5 rings (SSSR count). The van der Waals surface area contributed by atoms with Gasteiger partial charge in [-0.25, -0.2) is 4.90 Å². The largest absolute Gasteiger partial charge is 0.392 e. The number of aliphatic hydroxyl groups excluding tert-OH is 4. The molecule has 3 heterocycles. The van der Waals surface area contributed by atoms with Crippen LogP contribution in [-0.4, -0.2) is 62.2 Å². The molecule has 132 valence electrons. The monoisotopic (exact) mass is 343 g/mol. The lowest BCUT2D eigenvalue weighted by molar-refractivity contribution is -0.412. The van der Waals surface area contributed by atoms with Gasteiger partial charge in [-0.1, -0.05) is 60.7 Å². The first-order valence-electron chi connectivity index (χ1n) is 8.28. The molecule has 0 spiro atoms. The minimum absolute atomic E-state index is 0.401. The standard InChI is InChI=1S/C19H21NO5/c21-11-18-16(23)17(24)19(12-22,25-18)20(18)15(13-7-3-1-4-8-13)14-9-5-2-6-10-14/h1-10,15-17,21-24H,11-12H2/t16-,17-,18+,19+/m0/s1. The molecule has 3 aliphatic rings. The van der Waals surface area contributed by atoms with Gasteiger partial charge in [-0.2, -0.15) is 0 Å². The fraction of sp³-hybridized carbons (Fsp3) is 0.368. The molecule has 0 radical (unpaired) electrons. The van der Waals surface area contributed by atoms with Gasteiger partial charge in [0.05, 0.1) is 19.3 Å². The van der Waals surface area contributed by atoms with E-state index in [1.54, 1.807) is 4.90 Å². The molecule has 2 aromatic carbocycles. The first-order chi connectivity index (χ1) is 12.1. The fourth-order valence-corrected chi connectivity index (χ4v) is 4.19. The lowest BCUT2D eigenvalue weighted by Crippen LogP contribution is -2.76. The highest BCUT2D eigenvalue weighted by Gasteiger charge is 2.80. The Balaban J connectivity index is 1.88. The number of nitrogens with zero attached hydrogens (tertiary/aromatic N) is 1. The van der Waals surface area contributed by atoms with Crippen molar-refractivity contribution in [1.29, 1.82) is 0 Å². The van der Waals surface area contributed by atoms with Crippen LogP contribution in [0.1, 0.15) is 17.2 Å². The van der Waals surface area contributed by atoms with Crippen molar-refractivity contribution in [2.24, 2.45) is 0 Å². The summed E-state index contributed by atoms with van der Waals surface area (Å²) in [5.74, 6) is 0. The van der Waals surface area contributed by atoms with Gasteiger partial charge >= 0.3 is 0 Å². The van der Waals surface area contributed by atoms with Crippen LogP contribution < -0.4 is 0 Å². The van der Waals surface area contributed by atoms with E-state index in [1.807, 2.05) is 60.7 Å². The zero-order chi connectivity index (χ0) is 17.7. The zero-order valence-corrected chi connectivity index (χ0v) is 13.6. The van der Waals surface area contributed by atoms with Crippen LogP contribution in [0.3, 0.4) is 0 Å². The molecule has 0 amide bonds. The third kappa shape index (κ3) is 2.07. The van der Waals surface area contributed by atoms with Crippen molar-refractivity contribution in [3.05, 3.63) is 71.8 Å². The molecule has 4 atom stereocenters. The first kappa shape index (κ1) is 16.7. The number of hydrogen-bond acceptors (Lipinski definition) is 6. The zero-order valence-electron chi connectivity index (χ0n) is 13.6. The van der Waals surface area contributed by atoms with Crippen LogP contribution in [0.2, 0.25) is 0 Å². The molecule has 2 aromatic rings. The molecular formula is C19H21NO5. The summed E-state index contributed by atoms with van der Waals surface area (Å²) < 4.78 is 5.71. The molecule has 3 fully saturated rings. The molecule has 6 heteroatoms. The topological polar surface area (TPSA) is 93.4 Å². The number of aliphatic hydroxyl groups is 4. The molecule has 0 aliphatic carbocycles. The van der Waals surface area contributed by atoms with Crippen LogP contribution in [0.4, 0.5) is 0 Å². The van der Waals surface area contributed by atoms with E-state index < -0.39 is 42.9 Å². The van der Waals surface area contributed by atoms with Crippen LogP contribution in [0.25, 0.3) is 0 Å². The van der Waals surface area contributed by atoms with E-state index >= 15 is 0 Å². The summed E-state index contributed by atoms with van der Waals surface area (Å²) in [7, 11) is 0. The Morgan fingerprint density at radius 1 is 0.800 bits per heavy atom. The van der Waals surface area contributed by atoms with Crippen LogP contribution in [0, 0.1) is 0 Å². The predicted octanol–water partition coefficient (Wildman–Crippen LogP) is 0.221. The Morgan fingerprint density at radius 3 is 1.56 bits per heavy atom. The second-order valence-corrected chi connectivity index (χ2v) is 6.59. The molecule has 0 unspecified atom stereocenters. The molecule has 0 aromatic heterocycles. The summed E-state index contributed by atoms with van der Waals surface area (Å²) in [6, 6.07) is 18.7. The third-order valence-electron chi connectivity index (χ3n) is 5.33. The lowest BCUT2D eigenvalue weighted by atomic mass is 9.92. The van der Waals surface area contributed by atoms with Crippen molar-refractivity contribution in [3.63, 3.8) is 0 Å². The second-order valence-electron chi connectivity index (χ2n) is 6.59. The number of rotatable bonds is 5. The maximum absolute atomic E-state index is 10.5. The second kappa shape index (κ2) is 5.88. The van der Waals surface area contributed by atoms with E-state index in [2.05, 4.69) is 0 Å². The summed E-state index contributed by atoms with van der Waals surface area (Å²) in [5.41, 5.74) is -1.07. The summed E-state index contributed by atoms with van der Waals surface area (Å²) in [6.07, 6.45) is -2.64. The average molecular weight is 343 g/mol. The van der Waals surface area contributed by atoms with Crippen molar-refractivity contribution in [1.82, 2.24) is 4.90 Å². The normalized spacial score (nSPS) is 34.3. The Morgan fingerprint density at radius 2 is 1.20 bits per heavy atom. The maximum Gasteiger partial charge on any atom is 0.179 e. The number of benzene rings is 2. The predicted molar refractivity (Wildman–Crippen MR) is 89.3 cm³/mol. The molecular weight excluding hydrogens is 322 g/mol. The highest BCUT2D eigenvalue weighted by atomic mass is 16.7. The molecule has 4 N–H and O–H groups in total. The quantitative estimate of drug-likeness (QED) is 0.621. The van der Waals surface area contributed by atoms with E-state index in [0.29, 0.717) is 0 Å². The van der Waals surface area contributed by atoms with E-state index in [9.17, 15) is 20.4 Å². The van der Waals surface area contributed by atoms with Gasteiger partial charge in [0.2, 0.25) is 0 Å². The number of fused-ring (bicyclic) bond motifs is 1. The van der Waals surface area contributed by atoms with Gasteiger partial charge in [-0.3, -0.25) is 0 Å². The maximum atomic E-state index is 10.5. The van der Waals surface area contributed by atoms with Gasteiger partial charge in [-0.15, -0.1) is 0 Å². The van der Waals surface area contributed by atoms with E-state index in [4.69, 9.17) is 4.74 Å². The van der Waals surface area contributed by atoms with Gasteiger partial charge in [0.1, 0.15) is 12.2 Å². The van der Waals surface area contributed by atoms with Gasteiger partial charge < -0.3 is 25.2 Å². The summed E-state index contributed by atoms with van der Waals surface area (Å²) in [5, 5.41) is 40.9. The van der Waals surface area contributed by atoms with Crippen LogP contribution in [0.15, 0.2) is 60.7 Å². The van der Waals surface area contributed by atoms with Gasteiger partial charge in [-0.05, 0) is 11.1 Å². The summed E-state index contributed by atoms with van der Waals surface area (Å²) in [6.45, 7) is -0.994. The minimum atomic E-state index is -1.45. The van der Waals surface area contributed by atoms with Crippen molar-refractivity contribution >= 4 is 0 Å². The van der Waals surface area contributed by atoms with Gasteiger partial charge in [0.15, 0.2) is 11.4 Å². The van der Waals surface area contributed by atoms with Crippen molar-refractivity contribution in [2.45, 2.75) is 29.7 Å². The average Bonchev–Trinajstić information content (AvgIpc) is 2.99. The lowest BCUT2D eigenvalue weighted by Gasteiger charge is -2.59. The minimum Gasteiger partial charge on any atom is -0.392 e. The van der Waals surface area contributed by atoms with Gasteiger partial charge in [0, 0.05) is 0 Å². The van der Waals surface area contributed by atoms with Crippen LogP contribution in [-0.2, 0) is 4.74 Å². The molecule has 3 saturated heterocycles. The summed E-state index contributed by atoms with van der Waals surface area (Å²) >= 11 is 0. The smallest absolute Gasteiger partial charge is 0.179 e. The Labute approximate surface area is 145 Å². The Kier molecular flexibility index (Phi) is 3.92. The van der Waals surface area contributed by atoms with Gasteiger partial charge in [0.25, 0.3) is 0 Å². The highest BCUT2D eigenvalue weighted by molar-refractivity contribution is 5.36. The fourth-order valence-electron chi connectivity index (χ4n) is 4.19. The first-order valence-corrected chi connectivity index (χ1v) is 8.28. The SMILES string of the molecule is OC[C@@]12O[C@](CO)([C@@H](O)[C@@H]1O)N2C(c1ccccc1)c1ccccc1. The Bertz CT molecular complexity index is 680. The van der Waals surface area contributed by atoms with Crippen molar-refractivity contribution in [2.75, 3.05) is 13.2 Å². The van der Waals surface area contributed by atoms with Crippen molar-refractivity contribution in [3.8, 4) is 0 Å². The molecule has 3 aliphatic heterocycles. The van der Waals surface area contributed by atoms with Crippen LogP contribution in [0.5, 0.6) is 0 Å². The molecule has 25 heavy (non-hydrogen) atoms. The molecule has 0 saturated carbocycles. The van der Waals surface area contributed by atoms with E-state index in [0.717, 1.165) is 11.1 Å². The summed E-state index contributed by atoms with van der Waals surface area (Å²) in [4.78, 5) is 1.71. The van der Waals surface area contributed by atoms with Crippen LogP contribution >= 0.6 is 0 Å². The van der Waals surface area contributed by atoms with Crippen molar-refractivity contribution < 1.29 is 25.2 Å². The number of hydrogen-bond donors (Lipinski definition) is 4. The van der Waals surface area contributed by atoms with E-state index in [1.165, 1.54) is 0 Å². The molecule has 6 nitrogen and oxygen atoms in total. The highest BCUT2D eigenvalue weighted by Crippen LogP contribution is 2.59. The number of ether oxygens (including phenoxy) is 1. The Hall–Kier alpha value is -1.80. The molecule has 2 bridgehead atoms. The third-order valence-corrected chi connectivity index (χ3v) is 5.33.